The molecule has 19 heavy (non-hydrogen) atoms. The van der Waals surface area contributed by atoms with Gasteiger partial charge in [-0.3, -0.25) is 4.79 Å². The van der Waals surface area contributed by atoms with Crippen LogP contribution in [0.3, 0.4) is 0 Å². The van der Waals surface area contributed by atoms with E-state index in [0.717, 1.165) is 11.3 Å². The average Bonchev–Trinajstić information content (AvgIpc) is 2.37. The Morgan fingerprint density at radius 3 is 2.84 bits per heavy atom. The molecule has 0 unspecified atom stereocenters. The Morgan fingerprint density at radius 1 is 1.37 bits per heavy atom. The molecule has 5 heteroatoms. The molecule has 0 bridgehead atoms. The van der Waals surface area contributed by atoms with Gasteiger partial charge < -0.3 is 14.8 Å². The van der Waals surface area contributed by atoms with Gasteiger partial charge in [0.05, 0.1) is 13.2 Å². The van der Waals surface area contributed by atoms with Gasteiger partial charge in [-0.15, -0.1) is 0 Å². The number of hydrogen-bond donors (Lipinski definition) is 1. The summed E-state index contributed by atoms with van der Waals surface area (Å²) in [5.41, 5.74) is 0.997. The molecule has 106 valence electrons. The summed E-state index contributed by atoms with van der Waals surface area (Å²) < 4.78 is 10.5. The summed E-state index contributed by atoms with van der Waals surface area (Å²) in [5, 5.41) is 3.46. The Balaban J connectivity index is 2.18. The fourth-order valence-corrected chi connectivity index (χ4v) is 1.80. The summed E-state index contributed by atoms with van der Waals surface area (Å²) >= 11 is 5.86. The quantitative estimate of drug-likeness (QED) is 0.747. The lowest BCUT2D eigenvalue weighted by Gasteiger charge is -2.09. The maximum atomic E-state index is 11.4. The normalized spacial score (nSPS) is 10.3. The van der Waals surface area contributed by atoms with Gasteiger partial charge in [0.15, 0.2) is 0 Å². The van der Waals surface area contributed by atoms with Crippen LogP contribution in [0.4, 0.5) is 0 Å². The molecule has 1 aromatic rings. The molecule has 0 heterocycles. The SMILES string of the molecule is COCCNC(=O)CCCOc1ccc(Cl)cc1C. The second-order valence-corrected chi connectivity index (χ2v) is 4.64. The number of carbonyl (C=O) groups is 1. The van der Waals surface area contributed by atoms with E-state index in [1.807, 2.05) is 19.1 Å². The first kappa shape index (κ1) is 15.8. The Hall–Kier alpha value is -1.26. The smallest absolute Gasteiger partial charge is 0.220 e. The van der Waals surface area contributed by atoms with E-state index in [1.54, 1.807) is 13.2 Å². The van der Waals surface area contributed by atoms with E-state index < -0.39 is 0 Å². The van der Waals surface area contributed by atoms with Gasteiger partial charge >= 0.3 is 0 Å². The number of aryl methyl sites for hydroxylation is 1. The maximum Gasteiger partial charge on any atom is 0.220 e. The van der Waals surface area contributed by atoms with Crippen LogP contribution >= 0.6 is 11.6 Å². The van der Waals surface area contributed by atoms with E-state index in [1.165, 1.54) is 0 Å². The van der Waals surface area contributed by atoms with Crippen molar-refractivity contribution >= 4 is 17.5 Å². The standard InChI is InChI=1S/C14H20ClNO3/c1-11-10-12(15)5-6-13(11)19-8-3-4-14(17)16-7-9-18-2/h5-6,10H,3-4,7-9H2,1-2H3,(H,16,17). The Bertz CT molecular complexity index is 410. The summed E-state index contributed by atoms with van der Waals surface area (Å²) in [6, 6.07) is 5.49. The van der Waals surface area contributed by atoms with Crippen LogP contribution in [-0.2, 0) is 9.53 Å². The predicted molar refractivity (Wildman–Crippen MR) is 75.8 cm³/mol. The van der Waals surface area contributed by atoms with Crippen molar-refractivity contribution < 1.29 is 14.3 Å². The van der Waals surface area contributed by atoms with Crippen LogP contribution in [0.5, 0.6) is 5.75 Å². The maximum absolute atomic E-state index is 11.4. The van der Waals surface area contributed by atoms with E-state index in [-0.39, 0.29) is 5.91 Å². The van der Waals surface area contributed by atoms with E-state index in [9.17, 15) is 4.79 Å². The lowest BCUT2D eigenvalue weighted by molar-refractivity contribution is -0.121. The molecule has 0 aromatic heterocycles. The van der Waals surface area contributed by atoms with Gasteiger partial charge in [0.2, 0.25) is 5.91 Å². The van der Waals surface area contributed by atoms with Gasteiger partial charge in [0.25, 0.3) is 0 Å². The topological polar surface area (TPSA) is 47.6 Å². The molecule has 0 aliphatic rings. The van der Waals surface area contributed by atoms with Crippen molar-refractivity contribution in [2.45, 2.75) is 19.8 Å². The molecule has 1 amide bonds. The summed E-state index contributed by atoms with van der Waals surface area (Å²) in [6.45, 7) is 3.54. The van der Waals surface area contributed by atoms with Gasteiger partial charge in [0, 0.05) is 25.1 Å². The lowest BCUT2D eigenvalue weighted by Crippen LogP contribution is -2.26. The number of amides is 1. The van der Waals surface area contributed by atoms with Crippen LogP contribution in [0.1, 0.15) is 18.4 Å². The van der Waals surface area contributed by atoms with Gasteiger partial charge in [0.1, 0.15) is 5.75 Å². The molecule has 0 saturated heterocycles. The van der Waals surface area contributed by atoms with E-state index in [2.05, 4.69) is 5.32 Å². The molecule has 0 aliphatic heterocycles. The first-order valence-electron chi connectivity index (χ1n) is 6.28. The van der Waals surface area contributed by atoms with Crippen LogP contribution in [0.15, 0.2) is 18.2 Å². The fourth-order valence-electron chi connectivity index (χ4n) is 1.57. The number of rotatable bonds is 8. The van der Waals surface area contributed by atoms with E-state index in [4.69, 9.17) is 21.1 Å². The Kier molecular flexibility index (Phi) is 7.30. The van der Waals surface area contributed by atoms with Gasteiger partial charge in [-0.05, 0) is 37.1 Å². The highest BCUT2D eigenvalue weighted by Gasteiger charge is 2.03. The number of nitrogens with one attached hydrogen (secondary N) is 1. The van der Waals surface area contributed by atoms with E-state index >= 15 is 0 Å². The third-order valence-electron chi connectivity index (χ3n) is 2.57. The van der Waals surface area contributed by atoms with Crippen molar-refractivity contribution in [2.24, 2.45) is 0 Å². The number of halogens is 1. The molecule has 0 radical (unpaired) electrons. The van der Waals surface area contributed by atoms with Crippen molar-refractivity contribution in [3.8, 4) is 5.75 Å². The average molecular weight is 286 g/mol. The predicted octanol–water partition coefficient (Wildman–Crippen LogP) is 2.57. The molecule has 0 saturated carbocycles. The van der Waals surface area contributed by atoms with Crippen LogP contribution < -0.4 is 10.1 Å². The summed E-state index contributed by atoms with van der Waals surface area (Å²) in [7, 11) is 1.61. The molecular formula is C14H20ClNO3. The zero-order valence-corrected chi connectivity index (χ0v) is 12.1. The fraction of sp³-hybridized carbons (Fsp3) is 0.500. The second kappa shape index (κ2) is 8.77. The molecule has 1 rings (SSSR count). The monoisotopic (exact) mass is 285 g/mol. The molecule has 4 nitrogen and oxygen atoms in total. The van der Waals surface area contributed by atoms with Gasteiger partial charge in [-0.25, -0.2) is 0 Å². The highest BCUT2D eigenvalue weighted by Crippen LogP contribution is 2.21. The third kappa shape index (κ3) is 6.45. The van der Waals surface area contributed by atoms with Gasteiger partial charge in [-0.1, -0.05) is 11.6 Å². The van der Waals surface area contributed by atoms with Crippen molar-refractivity contribution in [2.75, 3.05) is 26.9 Å². The molecule has 0 spiro atoms. The number of carbonyl (C=O) groups excluding carboxylic acids is 1. The van der Waals surface area contributed by atoms with Crippen LogP contribution in [0.2, 0.25) is 5.02 Å². The Labute approximate surface area is 119 Å². The zero-order chi connectivity index (χ0) is 14.1. The highest BCUT2D eigenvalue weighted by atomic mass is 35.5. The van der Waals surface area contributed by atoms with E-state index in [0.29, 0.717) is 37.6 Å². The second-order valence-electron chi connectivity index (χ2n) is 4.20. The van der Waals surface area contributed by atoms with Crippen molar-refractivity contribution in [3.63, 3.8) is 0 Å². The summed E-state index contributed by atoms with van der Waals surface area (Å²) in [4.78, 5) is 11.4. The number of hydrogen-bond acceptors (Lipinski definition) is 3. The summed E-state index contributed by atoms with van der Waals surface area (Å²) in [5.74, 6) is 0.831. The minimum Gasteiger partial charge on any atom is -0.493 e. The summed E-state index contributed by atoms with van der Waals surface area (Å²) in [6.07, 6.45) is 1.14. The van der Waals surface area contributed by atoms with Crippen LogP contribution in [0.25, 0.3) is 0 Å². The minimum absolute atomic E-state index is 0.0217. The van der Waals surface area contributed by atoms with Crippen LogP contribution in [0, 0.1) is 6.92 Å². The molecule has 0 fully saturated rings. The van der Waals surface area contributed by atoms with Crippen molar-refractivity contribution in [1.82, 2.24) is 5.32 Å². The molecule has 1 N–H and O–H groups in total. The Morgan fingerprint density at radius 2 is 2.16 bits per heavy atom. The largest absolute Gasteiger partial charge is 0.493 e. The molecular weight excluding hydrogens is 266 g/mol. The highest BCUT2D eigenvalue weighted by molar-refractivity contribution is 6.30. The first-order chi connectivity index (χ1) is 9.13. The number of benzene rings is 1. The third-order valence-corrected chi connectivity index (χ3v) is 2.81. The lowest BCUT2D eigenvalue weighted by atomic mass is 10.2. The van der Waals surface area contributed by atoms with Crippen molar-refractivity contribution in [1.29, 1.82) is 0 Å². The van der Waals surface area contributed by atoms with Crippen molar-refractivity contribution in [3.05, 3.63) is 28.8 Å². The minimum atomic E-state index is 0.0217. The van der Waals surface area contributed by atoms with Crippen LogP contribution in [-0.4, -0.2) is 32.8 Å². The number of methoxy groups -OCH3 is 1. The molecule has 1 aromatic carbocycles. The molecule has 0 atom stereocenters. The van der Waals surface area contributed by atoms with Gasteiger partial charge in [-0.2, -0.15) is 0 Å². The zero-order valence-electron chi connectivity index (χ0n) is 11.4. The number of ether oxygens (including phenoxy) is 2. The first-order valence-corrected chi connectivity index (χ1v) is 6.66. The molecule has 0 aliphatic carbocycles.